The Morgan fingerprint density at radius 3 is 2.78 bits per heavy atom. The molecule has 27 heavy (non-hydrogen) atoms. The number of guanidine groups is 1. The largest absolute Gasteiger partial charge is 0.495 e. The number of halogens is 3. The number of rotatable bonds is 8. The lowest BCUT2D eigenvalue weighted by molar-refractivity contribution is -0.135. The first-order valence-electron chi connectivity index (χ1n) is 9.42. The van der Waals surface area contributed by atoms with Crippen molar-refractivity contribution in [3.63, 3.8) is 0 Å². The predicted molar refractivity (Wildman–Crippen MR) is 103 cm³/mol. The number of nitrogens with one attached hydrogen (secondary N) is 2. The number of hydrogen-bond acceptors (Lipinski definition) is 3. The first kappa shape index (κ1) is 21.2. The van der Waals surface area contributed by atoms with Crippen LogP contribution in [-0.4, -0.2) is 51.5 Å². The molecule has 1 aliphatic rings. The van der Waals surface area contributed by atoms with E-state index in [0.29, 0.717) is 25.5 Å². The minimum atomic E-state index is -4.09. The molecule has 5 nitrogen and oxygen atoms in total. The summed E-state index contributed by atoms with van der Waals surface area (Å²) in [5.41, 5.74) is 1.07. The van der Waals surface area contributed by atoms with Crippen molar-refractivity contribution in [1.29, 1.82) is 0 Å². The van der Waals surface area contributed by atoms with Gasteiger partial charge < -0.3 is 20.3 Å². The number of ether oxygens (including phenoxy) is 1. The lowest BCUT2D eigenvalue weighted by Gasteiger charge is -2.22. The highest BCUT2D eigenvalue weighted by Crippen LogP contribution is 2.30. The summed E-state index contributed by atoms with van der Waals surface area (Å²) in [5, 5.41) is 6.56. The van der Waals surface area contributed by atoms with Crippen LogP contribution >= 0.6 is 0 Å². The van der Waals surface area contributed by atoms with Crippen molar-refractivity contribution >= 4 is 11.6 Å². The van der Waals surface area contributed by atoms with Gasteiger partial charge in [0.2, 0.25) is 0 Å². The van der Waals surface area contributed by atoms with Crippen LogP contribution in [0, 0.1) is 0 Å². The summed E-state index contributed by atoms with van der Waals surface area (Å²) in [7, 11) is 1.67. The maximum Gasteiger partial charge on any atom is 0.389 e. The van der Waals surface area contributed by atoms with E-state index in [9.17, 15) is 13.2 Å². The van der Waals surface area contributed by atoms with Crippen molar-refractivity contribution in [3.05, 3.63) is 24.3 Å². The van der Waals surface area contributed by atoms with Crippen LogP contribution in [-0.2, 0) is 0 Å². The Morgan fingerprint density at radius 2 is 2.07 bits per heavy atom. The predicted octanol–water partition coefficient (Wildman–Crippen LogP) is 3.56. The molecule has 1 aromatic carbocycles. The maximum absolute atomic E-state index is 12.2. The number of nitrogens with zero attached hydrogens (tertiary/aromatic N) is 2. The van der Waals surface area contributed by atoms with Gasteiger partial charge in [0.15, 0.2) is 5.96 Å². The molecule has 0 aliphatic carbocycles. The summed E-state index contributed by atoms with van der Waals surface area (Å²) in [6.07, 6.45) is -3.34. The molecule has 1 heterocycles. The minimum absolute atomic E-state index is 0.109. The van der Waals surface area contributed by atoms with Gasteiger partial charge in [0, 0.05) is 38.6 Å². The fraction of sp³-hybridized carbons (Fsp3) is 0.632. The summed E-state index contributed by atoms with van der Waals surface area (Å²) in [6, 6.07) is 8.15. The maximum atomic E-state index is 12.2. The van der Waals surface area contributed by atoms with Gasteiger partial charge >= 0.3 is 6.18 Å². The Balaban J connectivity index is 1.85. The van der Waals surface area contributed by atoms with Crippen LogP contribution in [0.25, 0.3) is 0 Å². The third-order valence-corrected chi connectivity index (χ3v) is 4.44. The van der Waals surface area contributed by atoms with Gasteiger partial charge in [0.05, 0.1) is 12.8 Å². The van der Waals surface area contributed by atoms with Crippen LogP contribution < -0.4 is 20.3 Å². The third-order valence-electron chi connectivity index (χ3n) is 4.44. The molecule has 0 aromatic heterocycles. The highest BCUT2D eigenvalue weighted by atomic mass is 19.4. The zero-order chi connectivity index (χ0) is 19.7. The number of unbranched alkanes of at least 4 members (excludes halogenated alkanes) is 1. The summed E-state index contributed by atoms with van der Waals surface area (Å²) in [6.45, 7) is 4.78. The molecule has 0 radical (unpaired) electrons. The molecule has 1 aromatic rings. The average Bonchev–Trinajstić information content (AvgIpc) is 3.09. The number of benzene rings is 1. The zero-order valence-corrected chi connectivity index (χ0v) is 16.0. The number of para-hydroxylation sites is 2. The summed E-state index contributed by atoms with van der Waals surface area (Å²) in [5.74, 6) is 1.51. The molecule has 0 saturated carbocycles. The first-order valence-corrected chi connectivity index (χ1v) is 9.42. The van der Waals surface area contributed by atoms with E-state index >= 15 is 0 Å². The summed E-state index contributed by atoms with van der Waals surface area (Å²) in [4.78, 5) is 6.68. The third kappa shape index (κ3) is 7.19. The Morgan fingerprint density at radius 1 is 1.30 bits per heavy atom. The number of aliphatic imine (C=N–C) groups is 1. The van der Waals surface area contributed by atoms with Gasteiger partial charge in [-0.25, -0.2) is 0 Å². The van der Waals surface area contributed by atoms with Crippen LogP contribution in [0.4, 0.5) is 18.9 Å². The molecule has 1 saturated heterocycles. The van der Waals surface area contributed by atoms with E-state index in [1.54, 1.807) is 7.11 Å². The average molecular weight is 386 g/mol. The van der Waals surface area contributed by atoms with E-state index in [4.69, 9.17) is 4.74 Å². The molecule has 1 atom stereocenters. The lowest BCUT2D eigenvalue weighted by atomic mass is 10.2. The van der Waals surface area contributed by atoms with Crippen molar-refractivity contribution < 1.29 is 17.9 Å². The van der Waals surface area contributed by atoms with Gasteiger partial charge in [-0.1, -0.05) is 12.1 Å². The zero-order valence-electron chi connectivity index (χ0n) is 16.0. The van der Waals surface area contributed by atoms with E-state index in [1.807, 2.05) is 31.2 Å². The molecule has 0 bridgehead atoms. The van der Waals surface area contributed by atoms with Crippen molar-refractivity contribution in [2.24, 2.45) is 4.99 Å². The Hall–Kier alpha value is -2.12. The second kappa shape index (κ2) is 10.3. The van der Waals surface area contributed by atoms with Gasteiger partial charge in [-0.3, -0.25) is 4.99 Å². The minimum Gasteiger partial charge on any atom is -0.495 e. The Kier molecular flexibility index (Phi) is 8.06. The van der Waals surface area contributed by atoms with Crippen LogP contribution in [0.15, 0.2) is 29.3 Å². The lowest BCUT2D eigenvalue weighted by Crippen LogP contribution is -2.44. The van der Waals surface area contributed by atoms with Crippen molar-refractivity contribution in [1.82, 2.24) is 10.6 Å². The molecule has 2 N–H and O–H groups in total. The SMILES string of the molecule is CCNC(=NCCCCC(F)(F)F)NC1CCN(c2ccccc2OC)C1. The molecule has 2 rings (SSSR count). The van der Waals surface area contributed by atoms with Crippen LogP contribution in [0.2, 0.25) is 0 Å². The highest BCUT2D eigenvalue weighted by Gasteiger charge is 2.26. The van der Waals surface area contributed by atoms with Gasteiger partial charge in [-0.2, -0.15) is 13.2 Å². The van der Waals surface area contributed by atoms with E-state index in [2.05, 4.69) is 20.5 Å². The fourth-order valence-corrected chi connectivity index (χ4v) is 3.13. The normalized spacial score (nSPS) is 17.9. The highest BCUT2D eigenvalue weighted by molar-refractivity contribution is 5.80. The van der Waals surface area contributed by atoms with Crippen molar-refractivity contribution in [2.45, 2.75) is 44.8 Å². The van der Waals surface area contributed by atoms with Gasteiger partial charge in [0.25, 0.3) is 0 Å². The van der Waals surface area contributed by atoms with Crippen LogP contribution in [0.1, 0.15) is 32.6 Å². The molecule has 1 unspecified atom stereocenters. The topological polar surface area (TPSA) is 48.9 Å². The molecular formula is C19H29F3N4O. The molecule has 152 valence electrons. The molecule has 0 amide bonds. The van der Waals surface area contributed by atoms with Crippen molar-refractivity contribution in [3.8, 4) is 5.75 Å². The molecule has 8 heteroatoms. The Labute approximate surface area is 159 Å². The first-order chi connectivity index (χ1) is 12.9. The van der Waals surface area contributed by atoms with Gasteiger partial charge in [0.1, 0.15) is 5.75 Å². The van der Waals surface area contributed by atoms with Crippen molar-refractivity contribution in [2.75, 3.05) is 38.2 Å². The monoisotopic (exact) mass is 386 g/mol. The molecular weight excluding hydrogens is 357 g/mol. The second-order valence-electron chi connectivity index (χ2n) is 6.58. The van der Waals surface area contributed by atoms with E-state index < -0.39 is 12.6 Å². The van der Waals surface area contributed by atoms with E-state index in [-0.39, 0.29) is 12.5 Å². The van der Waals surface area contributed by atoms with Crippen LogP contribution in [0.3, 0.4) is 0 Å². The standard InChI is InChI=1S/C19H29F3N4O/c1-3-23-18(24-12-7-6-11-19(20,21)22)25-15-10-13-26(14-15)16-8-4-5-9-17(16)27-2/h4-5,8-9,15H,3,6-7,10-14H2,1-2H3,(H2,23,24,25). The van der Waals surface area contributed by atoms with Crippen LogP contribution in [0.5, 0.6) is 5.75 Å². The quantitative estimate of drug-likeness (QED) is 0.408. The van der Waals surface area contributed by atoms with E-state index in [0.717, 1.165) is 30.9 Å². The Bertz CT molecular complexity index is 607. The van der Waals surface area contributed by atoms with E-state index in [1.165, 1.54) is 0 Å². The van der Waals surface area contributed by atoms with Gasteiger partial charge in [-0.05, 0) is 38.3 Å². The number of anilines is 1. The molecule has 1 fully saturated rings. The molecule has 1 aliphatic heterocycles. The second-order valence-corrected chi connectivity index (χ2v) is 6.58. The number of hydrogen-bond donors (Lipinski definition) is 2. The number of alkyl halides is 3. The smallest absolute Gasteiger partial charge is 0.389 e. The fourth-order valence-electron chi connectivity index (χ4n) is 3.13. The summed E-state index contributed by atoms with van der Waals surface area (Å²) >= 11 is 0. The molecule has 0 spiro atoms. The summed E-state index contributed by atoms with van der Waals surface area (Å²) < 4.78 is 42.0. The van der Waals surface area contributed by atoms with Gasteiger partial charge in [-0.15, -0.1) is 0 Å². The number of methoxy groups -OCH3 is 1.